The SMILES string of the molecule is O=C([O-])C(F)(F)C(F)(Cl)C(F)(F)C(F)(Cl)C(F)(F)C(F)(Cl)C(F)(F)Cl.[K+]. The van der Waals surface area contributed by atoms with Gasteiger partial charge in [0.1, 0.15) is 5.97 Å². The number of carboxylic acids is 1. The summed E-state index contributed by atoms with van der Waals surface area (Å²) in [4.78, 5) is 9.93. The number of carbonyl (C=O) groups is 1. The van der Waals surface area contributed by atoms with Gasteiger partial charge in [0.05, 0.1) is 0 Å². The molecule has 0 fully saturated rings. The summed E-state index contributed by atoms with van der Waals surface area (Å²) in [6.45, 7) is 0. The average Bonchev–Trinajstić information content (AvgIpc) is 2.35. The summed E-state index contributed by atoms with van der Waals surface area (Å²) < 4.78 is 145. The third kappa shape index (κ3) is 4.05. The Morgan fingerprint density at radius 2 is 0.885 bits per heavy atom. The van der Waals surface area contributed by atoms with Crippen LogP contribution in [-0.4, -0.2) is 44.5 Å². The molecule has 0 aliphatic carbocycles. The first-order valence-electron chi connectivity index (χ1n) is 4.99. The first kappa shape index (κ1) is 29.7. The van der Waals surface area contributed by atoms with Crippen molar-refractivity contribution in [3.05, 3.63) is 0 Å². The van der Waals surface area contributed by atoms with Crippen LogP contribution in [0.1, 0.15) is 0 Å². The van der Waals surface area contributed by atoms with E-state index in [0.29, 0.717) is 0 Å². The van der Waals surface area contributed by atoms with Crippen LogP contribution < -0.4 is 56.5 Å². The first-order valence-corrected chi connectivity index (χ1v) is 6.50. The van der Waals surface area contributed by atoms with Gasteiger partial charge in [0, 0.05) is 0 Å². The average molecular weight is 518 g/mol. The van der Waals surface area contributed by atoms with Crippen LogP contribution in [-0.2, 0) is 4.79 Å². The molecule has 2 nitrogen and oxygen atoms in total. The van der Waals surface area contributed by atoms with Gasteiger partial charge in [0.25, 0.3) is 0 Å². The number of alkyl halides is 15. The van der Waals surface area contributed by atoms with E-state index in [0.717, 1.165) is 0 Å². The Morgan fingerprint density at radius 1 is 0.615 bits per heavy atom. The predicted octanol–water partition coefficient (Wildman–Crippen LogP) is 1.19. The van der Waals surface area contributed by atoms with Gasteiger partial charge in [-0.05, 0) is 11.6 Å². The molecule has 3 atom stereocenters. The molecule has 26 heavy (non-hydrogen) atoms. The van der Waals surface area contributed by atoms with Crippen molar-refractivity contribution in [2.24, 2.45) is 0 Å². The van der Waals surface area contributed by atoms with E-state index >= 15 is 0 Å². The number of aliphatic carboxylic acids is 1. The van der Waals surface area contributed by atoms with Gasteiger partial charge in [0.15, 0.2) is 0 Å². The molecule has 0 heterocycles. The minimum Gasteiger partial charge on any atom is -0.544 e. The second-order valence-electron chi connectivity index (χ2n) is 4.23. The number of hydrogen-bond acceptors (Lipinski definition) is 2. The molecule has 3 unspecified atom stereocenters. The maximum atomic E-state index is 13.6. The van der Waals surface area contributed by atoms with Crippen LogP contribution in [0.4, 0.5) is 48.3 Å². The summed E-state index contributed by atoms with van der Waals surface area (Å²) in [5.41, 5.74) is 0. The fourth-order valence-corrected chi connectivity index (χ4v) is 1.91. The second-order valence-corrected chi connectivity index (χ2v) is 6.27. The summed E-state index contributed by atoms with van der Waals surface area (Å²) in [5, 5.41) is -16.0. The predicted molar refractivity (Wildman–Crippen MR) is 59.7 cm³/mol. The summed E-state index contributed by atoms with van der Waals surface area (Å²) in [7, 11) is 0. The minimum atomic E-state index is -7.27. The van der Waals surface area contributed by atoms with E-state index in [4.69, 9.17) is 0 Å². The van der Waals surface area contributed by atoms with E-state index in [-0.39, 0.29) is 51.4 Å². The van der Waals surface area contributed by atoms with Crippen molar-refractivity contribution in [2.45, 2.75) is 38.5 Å². The summed E-state index contributed by atoms with van der Waals surface area (Å²) in [6.07, 6.45) is 0. The zero-order valence-electron chi connectivity index (χ0n) is 11.5. The van der Waals surface area contributed by atoms with Crippen LogP contribution in [0, 0.1) is 0 Å². The van der Waals surface area contributed by atoms with Crippen LogP contribution in [0.15, 0.2) is 0 Å². The van der Waals surface area contributed by atoms with Crippen molar-refractivity contribution in [3.63, 3.8) is 0 Å². The Kier molecular flexibility index (Phi) is 9.10. The van der Waals surface area contributed by atoms with Crippen molar-refractivity contribution in [3.8, 4) is 0 Å². The molecule has 0 aromatic carbocycles. The Bertz CT molecular complexity index is 549. The van der Waals surface area contributed by atoms with Crippen LogP contribution in [0.3, 0.4) is 0 Å². The number of halogens is 15. The van der Waals surface area contributed by atoms with E-state index < -0.39 is 44.5 Å². The van der Waals surface area contributed by atoms with Crippen molar-refractivity contribution in [1.29, 1.82) is 0 Å². The fourth-order valence-electron chi connectivity index (χ4n) is 1.09. The third-order valence-electron chi connectivity index (χ3n) is 2.58. The summed E-state index contributed by atoms with van der Waals surface area (Å²) in [5.74, 6) is -25.1. The summed E-state index contributed by atoms with van der Waals surface area (Å²) >= 11 is 15.3. The molecule has 0 bridgehead atoms. The Labute approximate surface area is 198 Å². The van der Waals surface area contributed by atoms with E-state index in [2.05, 4.69) is 46.4 Å². The maximum Gasteiger partial charge on any atom is 1.00 e. The molecule has 0 aromatic heterocycles. The molecule has 0 aliphatic rings. The van der Waals surface area contributed by atoms with Crippen LogP contribution in [0.5, 0.6) is 0 Å². The van der Waals surface area contributed by atoms with Gasteiger partial charge in [-0.15, -0.1) is 0 Å². The van der Waals surface area contributed by atoms with E-state index in [1.54, 1.807) is 0 Å². The monoisotopic (exact) mass is 516 g/mol. The van der Waals surface area contributed by atoms with Gasteiger partial charge in [-0.25, -0.2) is 13.2 Å². The number of carboxylic acid groups (broad SMARTS) is 1. The molecule has 0 spiro atoms. The van der Waals surface area contributed by atoms with Gasteiger partial charge in [0.2, 0.25) is 0 Å². The Morgan fingerprint density at radius 3 is 1.12 bits per heavy atom. The molecule has 0 N–H and O–H groups in total. The van der Waals surface area contributed by atoms with Gasteiger partial charge >= 0.3 is 89.9 Å². The smallest absolute Gasteiger partial charge is 0.544 e. The van der Waals surface area contributed by atoms with E-state index in [1.165, 1.54) is 0 Å². The van der Waals surface area contributed by atoms with Crippen molar-refractivity contribution in [1.82, 2.24) is 0 Å². The van der Waals surface area contributed by atoms with Gasteiger partial charge in [-0.3, -0.25) is 0 Å². The van der Waals surface area contributed by atoms with Crippen LogP contribution in [0.25, 0.3) is 0 Å². The third-order valence-corrected chi connectivity index (χ3v) is 4.37. The van der Waals surface area contributed by atoms with Gasteiger partial charge < -0.3 is 9.90 Å². The second kappa shape index (κ2) is 7.97. The maximum absolute atomic E-state index is 13.6. The van der Waals surface area contributed by atoms with Crippen molar-refractivity contribution >= 4 is 52.4 Å². The molecule has 0 aliphatic heterocycles. The molecule has 0 aromatic rings. The van der Waals surface area contributed by atoms with Crippen LogP contribution >= 0.6 is 46.4 Å². The molecule has 18 heteroatoms. The van der Waals surface area contributed by atoms with Gasteiger partial charge in [-0.2, -0.15) is 35.1 Å². The first-order chi connectivity index (χ1) is 10.4. The normalized spacial score (nSPS) is 21.0. The zero-order valence-corrected chi connectivity index (χ0v) is 17.6. The quantitative estimate of drug-likeness (QED) is 0.289. The molecular formula is C8Cl4F11KO2. The van der Waals surface area contributed by atoms with E-state index in [1.807, 2.05) is 0 Å². The molecule has 0 radical (unpaired) electrons. The standard InChI is InChI=1S/C8HCl4F11O2.K/c9-3(15,2(13,14)1(24)25)6(18,19)4(10,16)7(20,21)5(11,17)8(12,22)23;/h(H,24,25);/q;+1/p-1. The van der Waals surface area contributed by atoms with Gasteiger partial charge in [-0.1, -0.05) is 34.8 Å². The molecular weight excluding hydrogens is 518 g/mol. The van der Waals surface area contributed by atoms with Crippen molar-refractivity contribution in [2.75, 3.05) is 0 Å². The fraction of sp³-hybridized carbons (Fsp3) is 0.875. The largest absolute Gasteiger partial charge is 1.00 e. The van der Waals surface area contributed by atoms with E-state index in [9.17, 15) is 58.2 Å². The molecule has 0 saturated carbocycles. The minimum absolute atomic E-state index is 0. The zero-order chi connectivity index (χ0) is 21.1. The Hall–Kier alpha value is 1.50. The molecule has 150 valence electrons. The number of hydrogen-bond donors (Lipinski definition) is 0. The molecule has 0 rings (SSSR count). The number of carbonyl (C=O) groups excluding carboxylic acids is 1. The Balaban J connectivity index is 0. The van der Waals surface area contributed by atoms with Crippen molar-refractivity contribution < 1.29 is 110 Å². The van der Waals surface area contributed by atoms with Crippen LogP contribution in [0.2, 0.25) is 0 Å². The topological polar surface area (TPSA) is 40.1 Å². The molecule has 0 amide bonds. The number of rotatable bonds is 7. The summed E-state index contributed by atoms with van der Waals surface area (Å²) in [6, 6.07) is 0. The molecule has 0 saturated heterocycles.